The molecule has 0 saturated heterocycles. The summed E-state index contributed by atoms with van der Waals surface area (Å²) >= 11 is 6.54. The van der Waals surface area contributed by atoms with Gasteiger partial charge < -0.3 is 14.8 Å². The molecule has 36 heavy (non-hydrogen) atoms. The number of aromatic carboxylic acids is 1. The number of imidazole rings is 1. The number of hydrogen-bond acceptors (Lipinski definition) is 5. The SMILES string of the molecule is CCc1ccc(Oc2nc3nc(-c4ccc(-c5ccc(C#N)cc5)cc4)c(Cl)cc3[nH]2)cc1C(=O)O. The van der Waals surface area contributed by atoms with Gasteiger partial charge in [0.05, 0.1) is 33.4 Å². The molecule has 0 aliphatic heterocycles. The van der Waals surface area contributed by atoms with Crippen LogP contribution in [0.1, 0.15) is 28.4 Å². The van der Waals surface area contributed by atoms with Crippen molar-refractivity contribution >= 4 is 28.7 Å². The summed E-state index contributed by atoms with van der Waals surface area (Å²) in [6.07, 6.45) is 0.603. The van der Waals surface area contributed by atoms with Gasteiger partial charge in [-0.15, -0.1) is 0 Å². The molecule has 8 heteroatoms. The molecule has 3 aromatic carbocycles. The number of nitriles is 1. The number of aromatic nitrogens is 3. The first kappa shape index (κ1) is 23.1. The van der Waals surface area contributed by atoms with Crippen molar-refractivity contribution in [1.82, 2.24) is 15.0 Å². The van der Waals surface area contributed by atoms with Crippen LogP contribution >= 0.6 is 11.6 Å². The maximum atomic E-state index is 11.5. The summed E-state index contributed by atoms with van der Waals surface area (Å²) in [5.74, 6) is -0.654. The number of carboxylic acid groups (broad SMARTS) is 1. The van der Waals surface area contributed by atoms with E-state index >= 15 is 0 Å². The number of fused-ring (bicyclic) bond motifs is 1. The van der Waals surface area contributed by atoms with Crippen molar-refractivity contribution in [2.24, 2.45) is 0 Å². The Labute approximate surface area is 211 Å². The minimum atomic E-state index is -1.01. The van der Waals surface area contributed by atoms with Crippen molar-refractivity contribution < 1.29 is 14.6 Å². The highest BCUT2D eigenvalue weighted by molar-refractivity contribution is 6.33. The zero-order valence-corrected chi connectivity index (χ0v) is 19.9. The van der Waals surface area contributed by atoms with Crippen LogP contribution in [0.5, 0.6) is 11.8 Å². The predicted octanol–water partition coefficient (Wildman–Crippen LogP) is 6.87. The fraction of sp³-hybridized carbons (Fsp3) is 0.0714. The molecule has 0 aliphatic carbocycles. The van der Waals surface area contributed by atoms with Crippen molar-refractivity contribution in [3.8, 4) is 40.2 Å². The average Bonchev–Trinajstić information content (AvgIpc) is 3.29. The molecule has 0 bridgehead atoms. The van der Waals surface area contributed by atoms with E-state index in [4.69, 9.17) is 21.6 Å². The van der Waals surface area contributed by atoms with Crippen LogP contribution in [0.3, 0.4) is 0 Å². The lowest BCUT2D eigenvalue weighted by Gasteiger charge is -2.06. The molecular weight excluding hydrogens is 476 g/mol. The molecule has 0 radical (unpaired) electrons. The number of rotatable bonds is 6. The molecule has 0 spiro atoms. The molecule has 7 nitrogen and oxygen atoms in total. The van der Waals surface area contributed by atoms with Crippen molar-refractivity contribution in [1.29, 1.82) is 5.26 Å². The van der Waals surface area contributed by atoms with Crippen LogP contribution in [-0.2, 0) is 6.42 Å². The highest BCUT2D eigenvalue weighted by atomic mass is 35.5. The summed E-state index contributed by atoms with van der Waals surface area (Å²) in [4.78, 5) is 23.6. The van der Waals surface area contributed by atoms with Gasteiger partial charge in [0.1, 0.15) is 5.75 Å². The quantitative estimate of drug-likeness (QED) is 0.266. The Hall–Kier alpha value is -4.67. The molecule has 5 aromatic rings. The van der Waals surface area contributed by atoms with Crippen LogP contribution in [0, 0.1) is 11.3 Å². The number of aryl methyl sites for hydroxylation is 1. The molecule has 0 aliphatic rings. The summed E-state index contributed by atoms with van der Waals surface area (Å²) in [7, 11) is 0. The molecule has 2 N–H and O–H groups in total. The normalized spacial score (nSPS) is 10.8. The average molecular weight is 495 g/mol. The largest absolute Gasteiger partial charge is 0.478 e. The van der Waals surface area contributed by atoms with Crippen LogP contribution in [0.2, 0.25) is 5.02 Å². The van der Waals surface area contributed by atoms with Crippen LogP contribution in [0.4, 0.5) is 0 Å². The number of halogens is 1. The van der Waals surface area contributed by atoms with Gasteiger partial charge in [0.2, 0.25) is 0 Å². The summed E-state index contributed by atoms with van der Waals surface area (Å²) in [6.45, 7) is 1.90. The number of nitrogens with zero attached hydrogens (tertiary/aromatic N) is 3. The van der Waals surface area contributed by atoms with Crippen LogP contribution < -0.4 is 4.74 Å². The molecule has 0 amide bonds. The highest BCUT2D eigenvalue weighted by Crippen LogP contribution is 2.32. The number of ether oxygens (including phenoxy) is 1. The number of benzene rings is 3. The number of carbonyl (C=O) groups is 1. The lowest BCUT2D eigenvalue weighted by Crippen LogP contribution is -2.02. The van der Waals surface area contributed by atoms with Crippen LogP contribution in [0.25, 0.3) is 33.5 Å². The molecule has 0 unspecified atom stereocenters. The Bertz CT molecular complexity index is 1640. The lowest BCUT2D eigenvalue weighted by molar-refractivity contribution is 0.0695. The van der Waals surface area contributed by atoms with Crippen molar-refractivity contribution in [3.05, 3.63) is 94.5 Å². The first-order valence-corrected chi connectivity index (χ1v) is 11.5. The second kappa shape index (κ2) is 9.53. The van der Waals surface area contributed by atoms with E-state index in [0.717, 1.165) is 22.3 Å². The number of aromatic amines is 1. The number of carboxylic acids is 1. The maximum absolute atomic E-state index is 11.5. The Balaban J connectivity index is 1.42. The zero-order chi connectivity index (χ0) is 25.2. The monoisotopic (exact) mass is 494 g/mol. The van der Waals surface area contributed by atoms with E-state index in [1.165, 1.54) is 6.07 Å². The number of hydrogen-bond donors (Lipinski definition) is 2. The fourth-order valence-electron chi connectivity index (χ4n) is 3.94. The minimum absolute atomic E-state index is 0.183. The van der Waals surface area contributed by atoms with Gasteiger partial charge in [-0.1, -0.05) is 61.0 Å². The van der Waals surface area contributed by atoms with E-state index in [1.54, 1.807) is 30.3 Å². The molecule has 0 saturated carbocycles. The van der Waals surface area contributed by atoms with Gasteiger partial charge in [-0.2, -0.15) is 10.2 Å². The molecule has 0 atom stereocenters. The fourth-order valence-corrected chi connectivity index (χ4v) is 4.20. The van der Waals surface area contributed by atoms with Gasteiger partial charge in [0, 0.05) is 5.56 Å². The van der Waals surface area contributed by atoms with Gasteiger partial charge in [-0.05, 0) is 53.4 Å². The summed E-state index contributed by atoms with van der Waals surface area (Å²) in [5.41, 5.74) is 5.96. The minimum Gasteiger partial charge on any atom is -0.478 e. The van der Waals surface area contributed by atoms with Gasteiger partial charge in [0.25, 0.3) is 0 Å². The van der Waals surface area contributed by atoms with Crippen molar-refractivity contribution in [2.75, 3.05) is 0 Å². The Kier molecular flexibility index (Phi) is 6.11. The zero-order valence-electron chi connectivity index (χ0n) is 19.1. The second-order valence-corrected chi connectivity index (χ2v) is 8.49. The standard InChI is InChI=1S/C28H19ClN4O3/c1-2-17-11-12-21(13-22(17)27(34)35)36-28-31-24-14-23(29)25(32-26(24)33-28)20-9-7-19(8-10-20)18-5-3-16(15-30)4-6-18/h3-14H,2H2,1H3,(H,34,35)(H,31,32,33). The van der Waals surface area contributed by atoms with Gasteiger partial charge in [0.15, 0.2) is 5.65 Å². The molecule has 2 aromatic heterocycles. The van der Waals surface area contributed by atoms with Crippen molar-refractivity contribution in [3.63, 3.8) is 0 Å². The number of H-pyrrole nitrogens is 1. The third-order valence-electron chi connectivity index (χ3n) is 5.82. The van der Waals surface area contributed by atoms with Crippen LogP contribution in [0.15, 0.2) is 72.8 Å². The third kappa shape index (κ3) is 4.50. The van der Waals surface area contributed by atoms with E-state index < -0.39 is 5.97 Å². The van der Waals surface area contributed by atoms with Crippen LogP contribution in [-0.4, -0.2) is 26.0 Å². The van der Waals surface area contributed by atoms with Gasteiger partial charge in [-0.3, -0.25) is 0 Å². The molecular formula is C28H19ClN4O3. The Morgan fingerprint density at radius 3 is 2.31 bits per heavy atom. The predicted molar refractivity (Wildman–Crippen MR) is 137 cm³/mol. The third-order valence-corrected chi connectivity index (χ3v) is 6.11. The van der Waals surface area contributed by atoms with E-state index in [2.05, 4.69) is 21.0 Å². The topological polar surface area (TPSA) is 112 Å². The first-order valence-electron chi connectivity index (χ1n) is 11.2. The van der Waals surface area contributed by atoms with E-state index in [-0.39, 0.29) is 11.6 Å². The molecule has 5 rings (SSSR count). The van der Waals surface area contributed by atoms with Crippen molar-refractivity contribution in [2.45, 2.75) is 13.3 Å². The van der Waals surface area contributed by atoms with E-state index in [9.17, 15) is 9.90 Å². The maximum Gasteiger partial charge on any atom is 0.336 e. The molecule has 2 heterocycles. The summed E-state index contributed by atoms with van der Waals surface area (Å²) in [5, 5.41) is 18.9. The summed E-state index contributed by atoms with van der Waals surface area (Å²) in [6, 6.07) is 24.1. The highest BCUT2D eigenvalue weighted by Gasteiger charge is 2.15. The molecule has 0 fully saturated rings. The Morgan fingerprint density at radius 1 is 1.00 bits per heavy atom. The Morgan fingerprint density at radius 2 is 1.67 bits per heavy atom. The second-order valence-electron chi connectivity index (χ2n) is 8.08. The molecule has 176 valence electrons. The first-order chi connectivity index (χ1) is 17.4. The lowest BCUT2D eigenvalue weighted by atomic mass is 10.0. The number of nitrogens with one attached hydrogen (secondary N) is 1. The van der Waals surface area contributed by atoms with Gasteiger partial charge in [-0.25, -0.2) is 9.78 Å². The van der Waals surface area contributed by atoms with E-state index in [0.29, 0.717) is 39.6 Å². The summed E-state index contributed by atoms with van der Waals surface area (Å²) < 4.78 is 5.79. The van der Waals surface area contributed by atoms with E-state index in [1.807, 2.05) is 43.3 Å². The smallest absolute Gasteiger partial charge is 0.336 e. The number of pyridine rings is 1. The van der Waals surface area contributed by atoms with Gasteiger partial charge >= 0.3 is 12.0 Å².